The molecule has 2 fully saturated rings. The van der Waals surface area contributed by atoms with E-state index in [1.807, 2.05) is 0 Å². The van der Waals surface area contributed by atoms with Gasteiger partial charge in [-0.25, -0.2) is 0 Å². The van der Waals surface area contributed by atoms with Crippen LogP contribution in [0, 0.1) is 12.5 Å². The minimum atomic E-state index is 0.761. The van der Waals surface area contributed by atoms with Gasteiger partial charge in [0.1, 0.15) is 0 Å². The molecule has 1 nitrogen and oxygen atoms in total. The molecule has 1 aliphatic carbocycles. The Morgan fingerprint density at radius 2 is 1.80 bits per heavy atom. The van der Waals surface area contributed by atoms with Crippen LogP contribution in [0.4, 0.5) is 0 Å². The van der Waals surface area contributed by atoms with E-state index in [9.17, 15) is 0 Å². The molecule has 1 heteroatoms. The van der Waals surface area contributed by atoms with Crippen molar-refractivity contribution >= 4 is 0 Å². The smallest absolute Gasteiger partial charge is 0.0589 e. The van der Waals surface area contributed by atoms with Crippen LogP contribution in [0.25, 0.3) is 0 Å². The number of hydrogen-bond donors (Lipinski definition) is 1. The fraction of sp³-hybridized carbons (Fsp3) is 0.889. The van der Waals surface area contributed by atoms with E-state index in [2.05, 4.69) is 7.05 Å². The lowest BCUT2D eigenvalue weighted by Gasteiger charge is -2.21. The summed E-state index contributed by atoms with van der Waals surface area (Å²) in [4.78, 5) is 1.52. The summed E-state index contributed by atoms with van der Waals surface area (Å²) >= 11 is 0. The maximum Gasteiger partial charge on any atom is 0.0589 e. The van der Waals surface area contributed by atoms with Crippen LogP contribution in [0.1, 0.15) is 32.1 Å². The van der Waals surface area contributed by atoms with Crippen LogP contribution in [-0.2, 0) is 0 Å². The van der Waals surface area contributed by atoms with E-state index in [0.29, 0.717) is 0 Å². The molecule has 1 spiro atoms. The Balaban J connectivity index is 2.03. The van der Waals surface area contributed by atoms with Gasteiger partial charge in [0.05, 0.1) is 13.1 Å². The average molecular weight is 139 g/mol. The maximum atomic E-state index is 4.07. The first-order chi connectivity index (χ1) is 4.81. The normalized spacial score (nSPS) is 37.5. The summed E-state index contributed by atoms with van der Waals surface area (Å²) in [6.45, 7) is 2.67. The molecule has 1 heterocycles. The zero-order valence-electron chi connectivity index (χ0n) is 6.66. The van der Waals surface area contributed by atoms with Crippen molar-refractivity contribution in [1.29, 1.82) is 0 Å². The average Bonchev–Trinajstić information content (AvgIpc) is 2.46. The summed E-state index contributed by atoms with van der Waals surface area (Å²) in [7, 11) is 4.07. The molecular formula is C9H17N. The lowest BCUT2D eigenvalue weighted by atomic mass is 9.86. The Hall–Kier alpha value is -0.0400. The van der Waals surface area contributed by atoms with Gasteiger partial charge in [-0.05, 0) is 12.8 Å². The van der Waals surface area contributed by atoms with Crippen molar-refractivity contribution in [3.63, 3.8) is 0 Å². The minimum absolute atomic E-state index is 0.761. The lowest BCUT2D eigenvalue weighted by Crippen LogP contribution is -3.05. The Morgan fingerprint density at radius 3 is 2.30 bits per heavy atom. The van der Waals surface area contributed by atoms with Gasteiger partial charge in [0.2, 0.25) is 0 Å². The van der Waals surface area contributed by atoms with Crippen LogP contribution in [0.15, 0.2) is 0 Å². The highest BCUT2D eigenvalue weighted by molar-refractivity contribution is 4.86. The van der Waals surface area contributed by atoms with Gasteiger partial charge in [0.15, 0.2) is 0 Å². The first-order valence-corrected chi connectivity index (χ1v) is 4.47. The van der Waals surface area contributed by atoms with Crippen molar-refractivity contribution in [3.05, 3.63) is 7.05 Å². The summed E-state index contributed by atoms with van der Waals surface area (Å²) in [5.74, 6) is 0. The van der Waals surface area contributed by atoms with E-state index in [1.165, 1.54) is 50.1 Å². The van der Waals surface area contributed by atoms with Gasteiger partial charge in [-0.2, -0.15) is 7.05 Å². The third-order valence-corrected chi connectivity index (χ3v) is 3.30. The van der Waals surface area contributed by atoms with Crippen LogP contribution in [0.3, 0.4) is 0 Å². The molecular weight excluding hydrogens is 122 g/mol. The zero-order valence-corrected chi connectivity index (χ0v) is 6.66. The van der Waals surface area contributed by atoms with Crippen molar-refractivity contribution in [2.24, 2.45) is 5.41 Å². The van der Waals surface area contributed by atoms with Gasteiger partial charge >= 0.3 is 0 Å². The molecule has 2 aliphatic rings. The molecule has 1 aliphatic heterocycles. The van der Waals surface area contributed by atoms with Crippen molar-refractivity contribution in [1.82, 2.24) is 0 Å². The van der Waals surface area contributed by atoms with Crippen LogP contribution < -0.4 is 4.90 Å². The Bertz CT molecular complexity index is 125. The first-order valence-electron chi connectivity index (χ1n) is 4.47. The maximum absolute atomic E-state index is 4.07. The van der Waals surface area contributed by atoms with Crippen LogP contribution in [0.5, 0.6) is 0 Å². The molecule has 1 N–H and O–H groups in total. The van der Waals surface area contributed by atoms with Gasteiger partial charge < -0.3 is 4.90 Å². The van der Waals surface area contributed by atoms with Gasteiger partial charge in [-0.1, -0.05) is 12.8 Å². The highest BCUT2D eigenvalue weighted by Crippen LogP contribution is 2.41. The predicted molar refractivity (Wildman–Crippen MR) is 41.6 cm³/mol. The summed E-state index contributed by atoms with van der Waals surface area (Å²) in [5.41, 5.74) is 0.761. The van der Waals surface area contributed by atoms with Crippen LogP contribution in [-0.4, -0.2) is 13.1 Å². The molecule has 0 aromatic rings. The van der Waals surface area contributed by atoms with E-state index in [0.717, 1.165) is 5.41 Å². The zero-order chi connectivity index (χ0) is 7.03. The summed E-state index contributed by atoms with van der Waals surface area (Å²) in [6.07, 6.45) is 7.39. The molecule has 0 radical (unpaired) electrons. The van der Waals surface area contributed by atoms with Crippen LogP contribution in [0.2, 0.25) is 0 Å². The minimum Gasteiger partial charge on any atom is -0.467 e. The molecule has 0 bridgehead atoms. The molecule has 0 aromatic heterocycles. The Morgan fingerprint density at radius 1 is 1.10 bits per heavy atom. The molecule has 10 heavy (non-hydrogen) atoms. The second-order valence-electron chi connectivity index (χ2n) is 4.13. The van der Waals surface area contributed by atoms with Crippen molar-refractivity contribution in [2.75, 3.05) is 13.1 Å². The summed E-state index contributed by atoms with van der Waals surface area (Å²) in [6, 6.07) is 0. The quantitative estimate of drug-likeness (QED) is 0.469. The van der Waals surface area contributed by atoms with E-state index < -0.39 is 0 Å². The van der Waals surface area contributed by atoms with E-state index in [4.69, 9.17) is 0 Å². The monoisotopic (exact) mass is 139 g/mol. The van der Waals surface area contributed by atoms with Crippen LogP contribution >= 0.6 is 0 Å². The van der Waals surface area contributed by atoms with Crippen molar-refractivity contribution in [2.45, 2.75) is 32.1 Å². The Labute approximate surface area is 63.4 Å². The Kier molecular flexibility index (Phi) is 1.48. The predicted octanol–water partition coefficient (Wildman–Crippen LogP) is 0.627. The van der Waals surface area contributed by atoms with E-state index in [-0.39, 0.29) is 0 Å². The van der Waals surface area contributed by atoms with Gasteiger partial charge in [0, 0.05) is 11.8 Å². The van der Waals surface area contributed by atoms with E-state index >= 15 is 0 Å². The second kappa shape index (κ2) is 2.23. The highest BCUT2D eigenvalue weighted by atomic mass is 15.1. The molecule has 1 unspecified atom stereocenters. The third-order valence-electron chi connectivity index (χ3n) is 3.30. The molecule has 1 atom stereocenters. The standard InChI is InChI=1S/C9H17N/c1-10-7-6-9(8-10)4-2-3-5-9/h10H,1-8H2. The third kappa shape index (κ3) is 0.968. The number of quaternary nitrogens is 1. The lowest BCUT2D eigenvalue weighted by molar-refractivity contribution is -0.843. The van der Waals surface area contributed by atoms with Gasteiger partial charge in [-0.15, -0.1) is 0 Å². The number of hydrogen-bond acceptors (Lipinski definition) is 0. The second-order valence-corrected chi connectivity index (χ2v) is 4.13. The number of likely N-dealkylation sites (tertiary alicyclic amines) is 1. The molecule has 1 saturated carbocycles. The number of nitrogens with one attached hydrogen (secondary N) is 1. The fourth-order valence-corrected chi connectivity index (χ4v) is 2.70. The fourth-order valence-electron chi connectivity index (χ4n) is 2.70. The molecule has 0 aromatic carbocycles. The topological polar surface area (TPSA) is 4.44 Å². The SMILES string of the molecule is [CH2-][NH+]1CCC2(CCCC2)C1. The summed E-state index contributed by atoms with van der Waals surface area (Å²) in [5, 5.41) is 0. The highest BCUT2D eigenvalue weighted by Gasteiger charge is 2.40. The number of rotatable bonds is 0. The van der Waals surface area contributed by atoms with E-state index in [1.54, 1.807) is 0 Å². The first kappa shape index (κ1) is 6.66. The molecule has 0 amide bonds. The molecule has 2 rings (SSSR count). The van der Waals surface area contributed by atoms with Crippen molar-refractivity contribution < 1.29 is 4.90 Å². The largest absolute Gasteiger partial charge is 0.467 e. The van der Waals surface area contributed by atoms with Gasteiger partial charge in [0.25, 0.3) is 0 Å². The van der Waals surface area contributed by atoms with Crippen molar-refractivity contribution in [3.8, 4) is 0 Å². The summed E-state index contributed by atoms with van der Waals surface area (Å²) < 4.78 is 0. The molecule has 58 valence electrons. The molecule has 1 saturated heterocycles. The van der Waals surface area contributed by atoms with Gasteiger partial charge in [-0.3, -0.25) is 0 Å².